The molecule has 1 heterocycles. The molecule has 1 aromatic rings. The highest BCUT2D eigenvalue weighted by Crippen LogP contribution is 2.04. The van der Waals surface area contributed by atoms with Gasteiger partial charge in [-0.2, -0.15) is 0 Å². The molecule has 0 aromatic carbocycles. The van der Waals surface area contributed by atoms with Gasteiger partial charge in [-0.3, -0.25) is 0 Å². The van der Waals surface area contributed by atoms with Gasteiger partial charge in [0.1, 0.15) is 6.54 Å². The van der Waals surface area contributed by atoms with E-state index in [1.807, 2.05) is 0 Å². The molecule has 0 spiro atoms. The van der Waals surface area contributed by atoms with Crippen LogP contribution in [0.5, 0.6) is 0 Å². The second kappa shape index (κ2) is 9.83. The van der Waals surface area contributed by atoms with Crippen molar-refractivity contribution >= 4 is 0 Å². The lowest BCUT2D eigenvalue weighted by Gasteiger charge is -2.00. The molecule has 0 atom stereocenters. The third kappa shape index (κ3) is 6.26. The zero-order valence-corrected chi connectivity index (χ0v) is 12.2. The molecule has 92 valence electrons. The predicted molar refractivity (Wildman–Crippen MR) is 64.8 cm³/mol. The van der Waals surface area contributed by atoms with Crippen LogP contribution in [0.25, 0.3) is 0 Å². The van der Waals surface area contributed by atoms with E-state index in [1.54, 1.807) is 0 Å². The summed E-state index contributed by atoms with van der Waals surface area (Å²) in [4.78, 5) is 0. The normalized spacial score (nSPS) is 9.88. The summed E-state index contributed by atoms with van der Waals surface area (Å²) >= 11 is 0. The van der Waals surface area contributed by atoms with E-state index < -0.39 is 0 Å². The summed E-state index contributed by atoms with van der Waals surface area (Å²) in [6.45, 7) is 5.62. The number of rotatable bonds is 7. The topological polar surface area (TPSA) is 3.88 Å². The van der Waals surface area contributed by atoms with Crippen LogP contribution >= 0.6 is 0 Å². The van der Waals surface area contributed by atoms with E-state index in [2.05, 4.69) is 42.8 Å². The highest BCUT2D eigenvalue weighted by Gasteiger charge is 2.02. The number of aromatic nitrogens is 1. The van der Waals surface area contributed by atoms with Gasteiger partial charge in [0.05, 0.1) is 0 Å². The van der Waals surface area contributed by atoms with E-state index in [4.69, 9.17) is 0 Å². The minimum absolute atomic E-state index is 0. The number of pyridine rings is 1. The summed E-state index contributed by atoms with van der Waals surface area (Å²) in [5.74, 6) is 0. The van der Waals surface area contributed by atoms with Gasteiger partial charge in [0, 0.05) is 25.5 Å². The largest absolute Gasteiger partial charge is 1.00 e. The molecule has 1 rings (SSSR count). The second-order valence-corrected chi connectivity index (χ2v) is 4.30. The van der Waals surface area contributed by atoms with Crippen molar-refractivity contribution in [1.82, 2.24) is 0 Å². The number of unbranched alkanes of at least 4 members (excludes halogenated alkanes) is 5. The molecule has 1 aromatic heterocycles. The molecule has 0 N–H and O–H groups in total. The highest BCUT2D eigenvalue weighted by molar-refractivity contribution is 4.93. The Morgan fingerprint density at radius 2 is 1.69 bits per heavy atom. The summed E-state index contributed by atoms with van der Waals surface area (Å²) < 4.78 is 2.35. The van der Waals surface area contributed by atoms with Crippen LogP contribution in [0.4, 0.5) is 0 Å². The van der Waals surface area contributed by atoms with E-state index in [0.29, 0.717) is 0 Å². The molecule has 0 radical (unpaired) electrons. The Kier molecular flexibility index (Phi) is 9.60. The highest BCUT2D eigenvalue weighted by atomic mass is 79.9. The smallest absolute Gasteiger partial charge is 0.178 e. The average molecular weight is 286 g/mol. The van der Waals surface area contributed by atoms with Crippen molar-refractivity contribution < 1.29 is 21.5 Å². The lowest BCUT2D eigenvalue weighted by atomic mass is 10.1. The number of halogens is 1. The Labute approximate surface area is 111 Å². The zero-order valence-electron chi connectivity index (χ0n) is 10.6. The minimum atomic E-state index is 0. The summed E-state index contributed by atoms with van der Waals surface area (Å²) in [6, 6.07) is 6.40. The fourth-order valence-electron chi connectivity index (χ4n) is 1.88. The van der Waals surface area contributed by atoms with Crippen molar-refractivity contribution in [2.75, 3.05) is 0 Å². The maximum absolute atomic E-state index is 2.35. The third-order valence-corrected chi connectivity index (χ3v) is 2.92. The van der Waals surface area contributed by atoms with Crippen LogP contribution in [-0.4, -0.2) is 0 Å². The number of aryl methyl sites for hydroxylation is 2. The van der Waals surface area contributed by atoms with Crippen molar-refractivity contribution in [3.63, 3.8) is 0 Å². The van der Waals surface area contributed by atoms with E-state index in [0.717, 1.165) is 0 Å². The summed E-state index contributed by atoms with van der Waals surface area (Å²) in [5, 5.41) is 0. The molecule has 0 aliphatic heterocycles. The van der Waals surface area contributed by atoms with Crippen molar-refractivity contribution in [3.8, 4) is 0 Å². The van der Waals surface area contributed by atoms with Crippen molar-refractivity contribution in [2.24, 2.45) is 0 Å². The van der Waals surface area contributed by atoms with Gasteiger partial charge in [-0.05, 0) is 6.42 Å². The summed E-state index contributed by atoms with van der Waals surface area (Å²) in [7, 11) is 0. The molecule has 0 unspecified atom stereocenters. The number of hydrogen-bond acceptors (Lipinski definition) is 0. The molecule has 0 fully saturated rings. The molecule has 1 nitrogen and oxygen atoms in total. The van der Waals surface area contributed by atoms with Crippen LogP contribution in [-0.2, 0) is 6.54 Å². The maximum Gasteiger partial charge on any atom is 0.178 e. The van der Waals surface area contributed by atoms with E-state index in [1.165, 1.54) is 50.8 Å². The van der Waals surface area contributed by atoms with Gasteiger partial charge in [-0.15, -0.1) is 0 Å². The second-order valence-electron chi connectivity index (χ2n) is 4.30. The Hall–Kier alpha value is -0.370. The van der Waals surface area contributed by atoms with Crippen LogP contribution in [0, 0.1) is 6.92 Å². The lowest BCUT2D eigenvalue weighted by molar-refractivity contribution is -0.703. The van der Waals surface area contributed by atoms with Crippen molar-refractivity contribution in [1.29, 1.82) is 0 Å². The average Bonchev–Trinajstić information content (AvgIpc) is 2.25. The van der Waals surface area contributed by atoms with Crippen LogP contribution < -0.4 is 21.5 Å². The van der Waals surface area contributed by atoms with Gasteiger partial charge in [-0.1, -0.05) is 38.7 Å². The Morgan fingerprint density at radius 3 is 2.38 bits per heavy atom. The maximum atomic E-state index is 2.35. The van der Waals surface area contributed by atoms with Crippen LogP contribution in [0.2, 0.25) is 0 Å². The first kappa shape index (κ1) is 15.6. The molecular formula is C14H24BrN. The lowest BCUT2D eigenvalue weighted by Crippen LogP contribution is -3.00. The van der Waals surface area contributed by atoms with Crippen LogP contribution in [0.1, 0.15) is 51.1 Å². The molecular weight excluding hydrogens is 262 g/mol. The first-order valence-corrected chi connectivity index (χ1v) is 6.29. The summed E-state index contributed by atoms with van der Waals surface area (Å²) in [5.41, 5.74) is 1.37. The van der Waals surface area contributed by atoms with Crippen LogP contribution in [0.3, 0.4) is 0 Å². The van der Waals surface area contributed by atoms with E-state index in [-0.39, 0.29) is 17.0 Å². The Balaban J connectivity index is 0.00000225. The van der Waals surface area contributed by atoms with Gasteiger partial charge in [0.2, 0.25) is 0 Å². The number of nitrogens with zero attached hydrogens (tertiary/aromatic N) is 1. The van der Waals surface area contributed by atoms with Gasteiger partial charge < -0.3 is 17.0 Å². The van der Waals surface area contributed by atoms with Gasteiger partial charge in [-0.25, -0.2) is 4.57 Å². The minimum Gasteiger partial charge on any atom is -1.00 e. The molecule has 16 heavy (non-hydrogen) atoms. The summed E-state index contributed by atoms with van der Waals surface area (Å²) in [6.07, 6.45) is 10.4. The van der Waals surface area contributed by atoms with Gasteiger partial charge in [0.15, 0.2) is 11.9 Å². The molecule has 0 bridgehead atoms. The molecule has 0 saturated carbocycles. The Morgan fingerprint density at radius 1 is 1.00 bits per heavy atom. The molecule has 0 amide bonds. The molecule has 0 saturated heterocycles. The van der Waals surface area contributed by atoms with Crippen LogP contribution in [0.15, 0.2) is 24.4 Å². The van der Waals surface area contributed by atoms with Gasteiger partial charge >= 0.3 is 0 Å². The first-order valence-electron chi connectivity index (χ1n) is 6.29. The molecule has 2 heteroatoms. The monoisotopic (exact) mass is 285 g/mol. The van der Waals surface area contributed by atoms with E-state index >= 15 is 0 Å². The zero-order chi connectivity index (χ0) is 10.9. The molecule has 0 aliphatic carbocycles. The first-order chi connectivity index (χ1) is 7.34. The van der Waals surface area contributed by atoms with Gasteiger partial charge in [0.25, 0.3) is 0 Å². The van der Waals surface area contributed by atoms with Crippen molar-refractivity contribution in [3.05, 3.63) is 30.1 Å². The third-order valence-electron chi connectivity index (χ3n) is 2.92. The Bertz CT molecular complexity index is 273. The molecule has 0 aliphatic rings. The standard InChI is InChI=1S/C14H24N.BrH/c1-3-4-5-6-7-9-12-15-13-10-8-11-14(15)2;/h8,10-11,13H,3-7,9,12H2,1-2H3;1H/q+1;/p-1. The van der Waals surface area contributed by atoms with E-state index in [9.17, 15) is 0 Å². The van der Waals surface area contributed by atoms with Crippen molar-refractivity contribution in [2.45, 2.75) is 58.9 Å². The SMILES string of the molecule is CCCCCCCC[n+]1ccccc1C.[Br-]. The quantitative estimate of drug-likeness (QED) is 0.512. The predicted octanol–water partition coefficient (Wildman–Crippen LogP) is 0.647. The number of hydrogen-bond donors (Lipinski definition) is 0. The fraction of sp³-hybridized carbons (Fsp3) is 0.643. The fourth-order valence-corrected chi connectivity index (χ4v) is 1.88.